The van der Waals surface area contributed by atoms with Crippen LogP contribution in [0.5, 0.6) is 0 Å². The predicted molar refractivity (Wildman–Crippen MR) is 117 cm³/mol. The first-order valence-electron chi connectivity index (χ1n) is 9.80. The van der Waals surface area contributed by atoms with Gasteiger partial charge in [-0.25, -0.2) is 0 Å². The largest absolute Gasteiger partial charge is 0.322 e. The summed E-state index contributed by atoms with van der Waals surface area (Å²) in [5, 5.41) is 12.2. The Morgan fingerprint density at radius 1 is 0.897 bits per heavy atom. The Bertz CT molecular complexity index is 1210. The quantitative estimate of drug-likeness (QED) is 0.529. The molecule has 146 valence electrons. The highest BCUT2D eigenvalue weighted by molar-refractivity contribution is 6.06. The Balaban J connectivity index is 1.65. The molecule has 0 unspecified atom stereocenters. The van der Waals surface area contributed by atoms with E-state index in [4.69, 9.17) is 0 Å². The summed E-state index contributed by atoms with van der Waals surface area (Å²) in [7, 11) is 0. The van der Waals surface area contributed by atoms with E-state index < -0.39 is 0 Å². The molecule has 3 aromatic carbocycles. The van der Waals surface area contributed by atoms with E-state index in [0.29, 0.717) is 5.56 Å². The highest BCUT2D eigenvalue weighted by Gasteiger charge is 2.13. The van der Waals surface area contributed by atoms with Crippen molar-refractivity contribution in [1.82, 2.24) is 15.0 Å². The van der Waals surface area contributed by atoms with Crippen LogP contribution in [-0.2, 0) is 6.42 Å². The molecule has 5 nitrogen and oxygen atoms in total. The van der Waals surface area contributed by atoms with Gasteiger partial charge in [0.2, 0.25) is 0 Å². The average Bonchev–Trinajstić information content (AvgIpc) is 3.11. The van der Waals surface area contributed by atoms with Gasteiger partial charge in [0, 0.05) is 11.3 Å². The summed E-state index contributed by atoms with van der Waals surface area (Å²) in [6.45, 7) is 8.07. The number of amides is 1. The van der Waals surface area contributed by atoms with E-state index in [-0.39, 0.29) is 5.91 Å². The van der Waals surface area contributed by atoms with E-state index in [1.165, 1.54) is 5.56 Å². The van der Waals surface area contributed by atoms with Crippen molar-refractivity contribution in [3.05, 3.63) is 82.4 Å². The molecule has 0 aliphatic carbocycles. The van der Waals surface area contributed by atoms with Crippen molar-refractivity contribution in [1.29, 1.82) is 0 Å². The molecule has 4 rings (SSSR count). The minimum atomic E-state index is -0.118. The number of rotatable bonds is 4. The second-order valence-corrected chi connectivity index (χ2v) is 7.44. The molecule has 0 radical (unpaired) electrons. The summed E-state index contributed by atoms with van der Waals surface area (Å²) < 4.78 is 0. The third-order valence-electron chi connectivity index (χ3n) is 5.18. The molecule has 4 aromatic rings. The van der Waals surface area contributed by atoms with Gasteiger partial charge in [-0.3, -0.25) is 4.79 Å². The summed E-state index contributed by atoms with van der Waals surface area (Å²) in [6.07, 6.45) is 0.998. The maximum atomic E-state index is 12.8. The van der Waals surface area contributed by atoms with Gasteiger partial charge in [-0.05, 0) is 74.2 Å². The number of benzene rings is 3. The summed E-state index contributed by atoms with van der Waals surface area (Å²) in [4.78, 5) is 14.4. The van der Waals surface area contributed by atoms with Gasteiger partial charge in [0.15, 0.2) is 0 Å². The van der Waals surface area contributed by atoms with Gasteiger partial charge >= 0.3 is 0 Å². The van der Waals surface area contributed by atoms with E-state index in [1.807, 2.05) is 63.2 Å². The topological polar surface area (TPSA) is 59.8 Å². The molecular formula is C24H24N4O. The van der Waals surface area contributed by atoms with Gasteiger partial charge in [-0.2, -0.15) is 4.80 Å². The number of anilines is 1. The molecule has 0 bridgehead atoms. The fourth-order valence-electron chi connectivity index (χ4n) is 3.44. The van der Waals surface area contributed by atoms with Crippen LogP contribution in [0.1, 0.15) is 39.5 Å². The fraction of sp³-hybridized carbons (Fsp3) is 0.208. The normalized spacial score (nSPS) is 11.0. The Labute approximate surface area is 170 Å². The maximum Gasteiger partial charge on any atom is 0.255 e. The van der Waals surface area contributed by atoms with Crippen LogP contribution in [-0.4, -0.2) is 20.9 Å². The van der Waals surface area contributed by atoms with Gasteiger partial charge in [0.1, 0.15) is 11.0 Å². The van der Waals surface area contributed by atoms with Gasteiger partial charge in [-0.1, -0.05) is 36.8 Å². The second-order valence-electron chi connectivity index (χ2n) is 7.44. The first kappa shape index (κ1) is 18.9. The molecule has 0 saturated heterocycles. The minimum Gasteiger partial charge on any atom is -0.322 e. The van der Waals surface area contributed by atoms with Gasteiger partial charge in [-0.15, -0.1) is 10.2 Å². The van der Waals surface area contributed by atoms with Crippen LogP contribution >= 0.6 is 0 Å². The average molecular weight is 384 g/mol. The van der Waals surface area contributed by atoms with Crippen LogP contribution in [0.15, 0.2) is 54.6 Å². The smallest absolute Gasteiger partial charge is 0.255 e. The molecular weight excluding hydrogens is 360 g/mol. The molecule has 5 heteroatoms. The van der Waals surface area contributed by atoms with Crippen molar-refractivity contribution in [2.45, 2.75) is 34.1 Å². The van der Waals surface area contributed by atoms with Crippen molar-refractivity contribution in [3.8, 4) is 5.69 Å². The lowest BCUT2D eigenvalue weighted by molar-refractivity contribution is 0.102. The highest BCUT2D eigenvalue weighted by atomic mass is 16.1. The van der Waals surface area contributed by atoms with E-state index in [1.54, 1.807) is 4.80 Å². The van der Waals surface area contributed by atoms with E-state index in [0.717, 1.165) is 45.5 Å². The molecule has 0 fully saturated rings. The van der Waals surface area contributed by atoms with Crippen molar-refractivity contribution in [2.75, 3.05) is 5.32 Å². The van der Waals surface area contributed by atoms with Gasteiger partial charge < -0.3 is 5.32 Å². The van der Waals surface area contributed by atoms with Crippen LogP contribution in [0.4, 0.5) is 5.69 Å². The summed E-state index contributed by atoms with van der Waals surface area (Å²) >= 11 is 0. The minimum absolute atomic E-state index is 0.118. The van der Waals surface area contributed by atoms with Crippen molar-refractivity contribution >= 4 is 22.6 Å². The third-order valence-corrected chi connectivity index (χ3v) is 5.18. The Hall–Kier alpha value is -3.47. The van der Waals surface area contributed by atoms with E-state index in [2.05, 4.69) is 34.6 Å². The van der Waals surface area contributed by atoms with Crippen LogP contribution in [0.2, 0.25) is 0 Å². The van der Waals surface area contributed by atoms with Crippen molar-refractivity contribution < 1.29 is 4.79 Å². The number of aromatic nitrogens is 3. The molecule has 0 aliphatic rings. The number of carbonyl (C=O) groups excluding carboxylic acids is 1. The molecule has 0 atom stereocenters. The van der Waals surface area contributed by atoms with Crippen molar-refractivity contribution in [3.63, 3.8) is 0 Å². The van der Waals surface area contributed by atoms with Gasteiger partial charge in [0.25, 0.3) is 5.91 Å². The number of fused-ring (bicyclic) bond motifs is 1. The standard InChI is InChI=1S/C24H24N4O/c1-5-18-7-9-19(10-8-18)28-26-22-13-17(4)21(14-23(22)27-28)25-24(29)20-11-6-15(2)12-16(20)3/h6-14H,5H2,1-4H3,(H,25,29). The van der Waals surface area contributed by atoms with E-state index >= 15 is 0 Å². The maximum absolute atomic E-state index is 12.8. The zero-order valence-corrected chi connectivity index (χ0v) is 17.2. The summed E-state index contributed by atoms with van der Waals surface area (Å²) in [5.74, 6) is -0.118. The number of hydrogen-bond donors (Lipinski definition) is 1. The Morgan fingerprint density at radius 2 is 1.59 bits per heavy atom. The molecule has 1 amide bonds. The van der Waals surface area contributed by atoms with E-state index in [9.17, 15) is 4.79 Å². The number of nitrogens with one attached hydrogen (secondary N) is 1. The molecule has 1 heterocycles. The first-order valence-corrected chi connectivity index (χ1v) is 9.80. The summed E-state index contributed by atoms with van der Waals surface area (Å²) in [6, 6.07) is 17.9. The number of nitrogens with zero attached hydrogens (tertiary/aromatic N) is 3. The molecule has 0 spiro atoms. The zero-order valence-electron chi connectivity index (χ0n) is 17.2. The molecule has 29 heavy (non-hydrogen) atoms. The molecule has 0 saturated carbocycles. The van der Waals surface area contributed by atoms with Crippen LogP contribution in [0.3, 0.4) is 0 Å². The summed E-state index contributed by atoms with van der Waals surface area (Å²) in [5.41, 5.74) is 8.20. The first-order chi connectivity index (χ1) is 13.9. The lowest BCUT2D eigenvalue weighted by Gasteiger charge is -2.10. The van der Waals surface area contributed by atoms with Crippen LogP contribution in [0, 0.1) is 20.8 Å². The van der Waals surface area contributed by atoms with Crippen LogP contribution in [0.25, 0.3) is 16.7 Å². The van der Waals surface area contributed by atoms with Crippen LogP contribution < -0.4 is 5.32 Å². The lowest BCUT2D eigenvalue weighted by atomic mass is 10.0. The van der Waals surface area contributed by atoms with Gasteiger partial charge in [0.05, 0.1) is 5.69 Å². The highest BCUT2D eigenvalue weighted by Crippen LogP contribution is 2.23. The lowest BCUT2D eigenvalue weighted by Crippen LogP contribution is -2.14. The Morgan fingerprint density at radius 3 is 2.24 bits per heavy atom. The zero-order chi connectivity index (χ0) is 20.5. The van der Waals surface area contributed by atoms with Crippen molar-refractivity contribution in [2.24, 2.45) is 0 Å². The SMILES string of the molecule is CCc1ccc(-n2nc3cc(C)c(NC(=O)c4ccc(C)cc4C)cc3n2)cc1. The molecule has 1 N–H and O–H groups in total. The fourth-order valence-corrected chi connectivity index (χ4v) is 3.44. The molecule has 0 aliphatic heterocycles. The molecule has 1 aromatic heterocycles. The predicted octanol–water partition coefficient (Wildman–Crippen LogP) is 5.16. The number of aryl methyl sites for hydroxylation is 4. The monoisotopic (exact) mass is 384 g/mol. The number of hydrogen-bond acceptors (Lipinski definition) is 3. The Kier molecular flexibility index (Phi) is 4.89. The number of carbonyl (C=O) groups is 1. The third kappa shape index (κ3) is 3.76. The second kappa shape index (κ2) is 7.51.